The number of rotatable bonds is 5. The molecule has 7 heteroatoms. The van der Waals surface area contributed by atoms with Crippen molar-refractivity contribution in [3.05, 3.63) is 495 Å². The van der Waals surface area contributed by atoms with Crippen molar-refractivity contribution in [2.24, 2.45) is 0 Å². The molecule has 0 spiro atoms. The van der Waals surface area contributed by atoms with E-state index in [1.807, 2.05) is 56.7 Å². The normalized spacial score (nSPS) is 13.4. The fraction of sp³-hybridized carbons (Fsp3) is 0.0282. The number of fused-ring (bicyclic) bond motifs is 54. The van der Waals surface area contributed by atoms with Crippen LogP contribution >= 0.6 is 56.7 Å². The Hall–Kier alpha value is -17.2. The molecule has 0 N–H and O–H groups in total. The Kier molecular flexibility index (Phi) is 18.0. The maximum absolute atomic E-state index is 2.56. The van der Waals surface area contributed by atoms with Gasteiger partial charge in [-0.3, -0.25) is 0 Å². The molecule has 26 aromatic carbocycles. The van der Waals surface area contributed by atoms with Crippen LogP contribution in [-0.2, 0) is 5.41 Å². The summed E-state index contributed by atoms with van der Waals surface area (Å²) < 4.78 is 18.5. The standard InChI is InChI=1S/2C48H27NS2.C46H30S/c1-3-17-33-31(15-1)32-16-2-4-18-34(32)44-43(33)45-35-19-5-8-23-38(35)49(47(45)48-46(44)37-21-7-10-25-40(37)51-48)29-14-11-13-28(27-29)30-22-12-26-41-42(30)36-20-6-9-24-39(36)50-41;1-3-14-33-31(12-1)32-13-2-4-15-34(32)44-43(33)45-35-16-5-8-20-38(35)49(47(45)48-46(44)37-18-7-10-22-40(37)51-48)29-26-24-28(25-27-29)30-19-11-23-41-42(30)36-17-6-9-21-39(36)50-41;1-46(2)36-21-11-9-15-29(36)35-25-26(23-24-37(35)46)39-32-18-7-8-19-33(32)42-40-30-16-5-3-13-27(30)28-14-4-6-17-31(28)41(40)43-34-20-10-12-22-38(34)47-45(43)44(39)42/h2*1-27H;3-25,39H,1-2H3. The van der Waals surface area contributed by atoms with Crippen LogP contribution in [0.15, 0.2) is 467 Å². The lowest BCUT2D eigenvalue weighted by atomic mass is 9.81. The van der Waals surface area contributed by atoms with Gasteiger partial charge in [-0.05, 0) is 227 Å². The van der Waals surface area contributed by atoms with Gasteiger partial charge >= 0.3 is 0 Å². The summed E-state index contributed by atoms with van der Waals surface area (Å²) in [5.74, 6) is 0.146. The Morgan fingerprint density at radius 2 is 0.523 bits per heavy atom. The van der Waals surface area contributed by atoms with Crippen LogP contribution in [0.5, 0.6) is 0 Å². The lowest BCUT2D eigenvalue weighted by molar-refractivity contribution is 0.660. The number of aromatic nitrogens is 2. The molecule has 692 valence electrons. The number of benzene rings is 26. The zero-order chi connectivity index (χ0) is 97.4. The highest BCUT2D eigenvalue weighted by atomic mass is 32.1. The number of nitrogens with zero attached hydrogens (tertiary/aromatic N) is 2. The molecule has 2 aliphatic rings. The van der Waals surface area contributed by atoms with E-state index in [1.54, 1.807) is 0 Å². The highest BCUT2D eigenvalue weighted by Crippen LogP contribution is 2.63. The highest BCUT2D eigenvalue weighted by Gasteiger charge is 2.41. The first kappa shape index (κ1) is 84.0. The van der Waals surface area contributed by atoms with Gasteiger partial charge in [-0.2, -0.15) is 0 Å². The topological polar surface area (TPSA) is 9.86 Å². The van der Waals surface area contributed by atoms with E-state index in [-0.39, 0.29) is 11.3 Å². The van der Waals surface area contributed by atoms with Crippen LogP contribution in [0, 0.1) is 0 Å². The summed E-state index contributed by atoms with van der Waals surface area (Å²) >= 11 is 9.59. The zero-order valence-corrected chi connectivity index (χ0v) is 85.1. The van der Waals surface area contributed by atoms with Crippen molar-refractivity contribution >= 4 is 298 Å². The second-order valence-corrected chi connectivity index (χ2v) is 46.3. The minimum atomic E-state index is -0.00906. The molecule has 33 aromatic rings. The molecule has 2 aliphatic carbocycles. The largest absolute Gasteiger partial charge is 0.308 e. The van der Waals surface area contributed by atoms with Crippen LogP contribution in [0.3, 0.4) is 0 Å². The van der Waals surface area contributed by atoms with Gasteiger partial charge in [-0.1, -0.05) is 396 Å². The number of thiophene rings is 5. The number of para-hydroxylation sites is 2. The Morgan fingerprint density at radius 3 is 1.00 bits per heavy atom. The lowest BCUT2D eigenvalue weighted by Gasteiger charge is -2.22. The van der Waals surface area contributed by atoms with Gasteiger partial charge in [0.05, 0.1) is 31.5 Å². The second kappa shape index (κ2) is 31.9. The van der Waals surface area contributed by atoms with Gasteiger partial charge in [0.25, 0.3) is 0 Å². The van der Waals surface area contributed by atoms with E-state index >= 15 is 0 Å². The quantitative estimate of drug-likeness (QED) is 0.152. The lowest BCUT2D eigenvalue weighted by Crippen LogP contribution is -2.14. The van der Waals surface area contributed by atoms with E-state index in [1.165, 1.54) is 325 Å². The number of hydrogen-bond donors (Lipinski definition) is 0. The summed E-state index contributed by atoms with van der Waals surface area (Å²) in [5, 5.41) is 42.7. The highest BCUT2D eigenvalue weighted by molar-refractivity contribution is 7.28. The van der Waals surface area contributed by atoms with Crippen LogP contribution in [0.1, 0.15) is 47.6 Å². The fourth-order valence-electron chi connectivity index (χ4n) is 27.2. The van der Waals surface area contributed by atoms with Crippen LogP contribution < -0.4 is 0 Å². The average Bonchev–Trinajstić information content (AvgIpc) is 1.53. The van der Waals surface area contributed by atoms with Gasteiger partial charge in [-0.15, -0.1) is 56.7 Å². The third-order valence-electron chi connectivity index (χ3n) is 33.2. The van der Waals surface area contributed by atoms with Crippen molar-refractivity contribution in [3.8, 4) is 55.9 Å². The van der Waals surface area contributed by atoms with Crippen molar-refractivity contribution in [2.75, 3.05) is 0 Å². The maximum atomic E-state index is 2.56. The van der Waals surface area contributed by atoms with Crippen molar-refractivity contribution in [2.45, 2.75) is 25.2 Å². The maximum Gasteiger partial charge on any atom is 0.0726 e. The fourth-order valence-corrected chi connectivity index (χ4v) is 33.2. The monoisotopic (exact) mass is 1980 g/mol. The molecule has 35 rings (SSSR count). The molecule has 0 saturated heterocycles. The molecule has 0 fully saturated rings. The molecular formula is C142H84N2S5. The summed E-state index contributed by atoms with van der Waals surface area (Å²) in [6, 6.07) is 175. The van der Waals surface area contributed by atoms with Gasteiger partial charge in [0.15, 0.2) is 0 Å². The molecule has 7 aromatic heterocycles. The molecule has 0 saturated carbocycles. The molecular weight excluding hydrogens is 1890 g/mol. The van der Waals surface area contributed by atoms with E-state index < -0.39 is 0 Å². The Bertz CT molecular complexity index is 11700. The molecule has 0 amide bonds. The minimum Gasteiger partial charge on any atom is -0.308 e. The minimum absolute atomic E-state index is 0.00906. The molecule has 1 atom stereocenters. The van der Waals surface area contributed by atoms with Gasteiger partial charge in [0.2, 0.25) is 0 Å². The SMILES string of the molecule is CC1(C)c2ccccc2-c2cc(C3c4ccccc4-c4c3c3sc5ccccc5c3c3c5ccccc5c5ccccc5c43)ccc21.c1cc(-c2cccc3sc4ccccc4c23)cc(-n2c3ccccc3c3c4c5ccccc5c5ccccc5c4c4c5ccccc5sc4c32)c1.c1ccc2c(c1)sc1cccc(-c3ccc(-n4c5ccccc5c5c6c7ccccc7c7ccccc7c6c6c7ccccc7sc6c54)cc3)c12. The summed E-state index contributed by atoms with van der Waals surface area (Å²) in [6.45, 7) is 4.75. The zero-order valence-electron chi connectivity index (χ0n) is 81.0. The van der Waals surface area contributed by atoms with Crippen molar-refractivity contribution < 1.29 is 0 Å². The van der Waals surface area contributed by atoms with Crippen LogP contribution in [0.25, 0.3) is 297 Å². The number of hydrogen-bond acceptors (Lipinski definition) is 5. The van der Waals surface area contributed by atoms with Gasteiger partial charge in [0.1, 0.15) is 0 Å². The van der Waals surface area contributed by atoms with Gasteiger partial charge in [-0.25, -0.2) is 0 Å². The Balaban J connectivity index is 0.0000000971. The van der Waals surface area contributed by atoms with Crippen molar-refractivity contribution in [3.63, 3.8) is 0 Å². The first-order valence-electron chi connectivity index (χ1n) is 51.5. The first-order chi connectivity index (χ1) is 73.8. The van der Waals surface area contributed by atoms with Crippen LogP contribution in [0.4, 0.5) is 0 Å². The summed E-state index contributed by atoms with van der Waals surface area (Å²) in [4.78, 5) is 0. The molecule has 0 aliphatic heterocycles. The Labute approximate surface area is 875 Å². The molecule has 7 heterocycles. The molecule has 0 bridgehead atoms. The summed E-state index contributed by atoms with van der Waals surface area (Å²) in [6.07, 6.45) is 0. The third kappa shape index (κ3) is 11.8. The molecule has 1 unspecified atom stereocenters. The predicted molar refractivity (Wildman–Crippen MR) is 651 cm³/mol. The second-order valence-electron chi connectivity index (χ2n) is 41.0. The van der Waals surface area contributed by atoms with Crippen LogP contribution in [0.2, 0.25) is 0 Å². The molecule has 0 radical (unpaired) electrons. The van der Waals surface area contributed by atoms with E-state index in [2.05, 4.69) is 490 Å². The van der Waals surface area contributed by atoms with Crippen molar-refractivity contribution in [1.82, 2.24) is 9.13 Å². The van der Waals surface area contributed by atoms with E-state index in [9.17, 15) is 0 Å². The first-order valence-corrected chi connectivity index (χ1v) is 55.6. The van der Waals surface area contributed by atoms with E-state index in [4.69, 9.17) is 0 Å². The molecule has 2 nitrogen and oxygen atoms in total. The van der Waals surface area contributed by atoms with Crippen molar-refractivity contribution in [1.29, 1.82) is 0 Å². The van der Waals surface area contributed by atoms with Gasteiger partial charge in [0, 0.05) is 163 Å². The van der Waals surface area contributed by atoms with E-state index in [0.29, 0.717) is 0 Å². The molecule has 149 heavy (non-hydrogen) atoms. The smallest absolute Gasteiger partial charge is 0.0726 e. The predicted octanol–water partition coefficient (Wildman–Crippen LogP) is 42.3. The summed E-state index contributed by atoms with van der Waals surface area (Å²) in [5.41, 5.74) is 25.1. The third-order valence-corrected chi connectivity index (χ3v) is 39.0. The summed E-state index contributed by atoms with van der Waals surface area (Å²) in [7, 11) is 0. The Morgan fingerprint density at radius 1 is 0.195 bits per heavy atom. The average molecular weight is 1980 g/mol. The van der Waals surface area contributed by atoms with E-state index in [0.717, 1.165) is 0 Å². The van der Waals surface area contributed by atoms with Gasteiger partial charge < -0.3 is 9.13 Å². The van der Waals surface area contributed by atoms with Crippen LogP contribution in [-0.4, -0.2) is 9.13 Å².